The van der Waals surface area contributed by atoms with Crippen LogP contribution in [0.5, 0.6) is 0 Å². The number of hydrogen-bond donors (Lipinski definition) is 3. The van der Waals surface area contributed by atoms with Gasteiger partial charge in [0.15, 0.2) is 0 Å². The number of amides is 3. The highest BCUT2D eigenvalue weighted by atomic mass is 16.6. The number of hydrogen-bond acceptors (Lipinski definition) is 4. The summed E-state index contributed by atoms with van der Waals surface area (Å²) in [6.07, 6.45) is -0.576. The van der Waals surface area contributed by atoms with Crippen molar-refractivity contribution < 1.29 is 19.1 Å². The van der Waals surface area contributed by atoms with E-state index in [9.17, 15) is 14.4 Å². The summed E-state index contributed by atoms with van der Waals surface area (Å²) in [7, 11) is 0. The number of ether oxygens (including phenoxy) is 1. The smallest absolute Gasteiger partial charge is 0.412 e. The Morgan fingerprint density at radius 2 is 1.71 bits per heavy atom. The molecule has 0 aliphatic carbocycles. The van der Waals surface area contributed by atoms with Crippen molar-refractivity contribution in [2.24, 2.45) is 5.73 Å². The zero-order valence-electron chi connectivity index (χ0n) is 12.2. The molecule has 0 fully saturated rings. The zero-order valence-corrected chi connectivity index (χ0v) is 12.2. The van der Waals surface area contributed by atoms with Gasteiger partial charge in [-0.25, -0.2) is 4.79 Å². The van der Waals surface area contributed by atoms with Gasteiger partial charge in [0.05, 0.1) is 6.54 Å². The van der Waals surface area contributed by atoms with Crippen LogP contribution >= 0.6 is 0 Å². The Morgan fingerprint density at radius 1 is 1.14 bits per heavy atom. The van der Waals surface area contributed by atoms with Gasteiger partial charge in [-0.3, -0.25) is 14.9 Å². The molecule has 3 amide bonds. The third-order valence-corrected chi connectivity index (χ3v) is 2.22. The normalized spacial score (nSPS) is 10.6. The SMILES string of the molecule is CC(C)(C)OC(=O)Nc1ccc(C(=O)NCC(N)=O)cc1. The van der Waals surface area contributed by atoms with E-state index in [1.807, 2.05) is 0 Å². The van der Waals surface area contributed by atoms with Crippen LogP contribution in [0.4, 0.5) is 10.5 Å². The van der Waals surface area contributed by atoms with Gasteiger partial charge in [-0.1, -0.05) is 0 Å². The van der Waals surface area contributed by atoms with E-state index in [4.69, 9.17) is 10.5 Å². The molecule has 1 aromatic rings. The Morgan fingerprint density at radius 3 is 2.19 bits per heavy atom. The standard InChI is InChI=1S/C14H19N3O4/c1-14(2,3)21-13(20)17-10-6-4-9(5-7-10)12(19)16-8-11(15)18/h4-7H,8H2,1-3H3,(H2,15,18)(H,16,19)(H,17,20). The fourth-order valence-electron chi connectivity index (χ4n) is 1.40. The van der Waals surface area contributed by atoms with Gasteiger partial charge >= 0.3 is 6.09 Å². The largest absolute Gasteiger partial charge is 0.444 e. The molecule has 0 radical (unpaired) electrons. The number of nitrogens with two attached hydrogens (primary N) is 1. The lowest BCUT2D eigenvalue weighted by molar-refractivity contribution is -0.117. The van der Waals surface area contributed by atoms with Gasteiger partial charge in [0, 0.05) is 11.3 Å². The molecule has 114 valence electrons. The van der Waals surface area contributed by atoms with Crippen molar-refractivity contribution in [2.45, 2.75) is 26.4 Å². The van der Waals surface area contributed by atoms with Crippen molar-refractivity contribution in [1.29, 1.82) is 0 Å². The second kappa shape index (κ2) is 6.74. The van der Waals surface area contributed by atoms with Crippen molar-refractivity contribution in [3.63, 3.8) is 0 Å². The van der Waals surface area contributed by atoms with E-state index in [0.717, 1.165) is 0 Å². The molecular formula is C14H19N3O4. The van der Waals surface area contributed by atoms with Gasteiger partial charge < -0.3 is 15.8 Å². The molecule has 4 N–H and O–H groups in total. The molecule has 0 spiro atoms. The lowest BCUT2D eigenvalue weighted by Crippen LogP contribution is -2.33. The van der Waals surface area contributed by atoms with E-state index in [0.29, 0.717) is 11.3 Å². The van der Waals surface area contributed by atoms with Crippen LogP contribution in [0.25, 0.3) is 0 Å². The third-order valence-electron chi connectivity index (χ3n) is 2.22. The summed E-state index contributed by atoms with van der Waals surface area (Å²) in [6, 6.07) is 6.15. The number of carbonyl (C=O) groups excluding carboxylic acids is 3. The van der Waals surface area contributed by atoms with Gasteiger partial charge in [-0.15, -0.1) is 0 Å². The summed E-state index contributed by atoms with van der Waals surface area (Å²) < 4.78 is 5.10. The number of primary amides is 1. The molecule has 0 aliphatic rings. The van der Waals surface area contributed by atoms with E-state index in [-0.39, 0.29) is 6.54 Å². The van der Waals surface area contributed by atoms with Crippen LogP contribution in [0.15, 0.2) is 24.3 Å². The van der Waals surface area contributed by atoms with E-state index in [1.54, 1.807) is 32.9 Å². The fraction of sp³-hybridized carbons (Fsp3) is 0.357. The topological polar surface area (TPSA) is 111 Å². The number of benzene rings is 1. The first-order valence-corrected chi connectivity index (χ1v) is 6.34. The molecule has 0 aliphatic heterocycles. The van der Waals surface area contributed by atoms with Gasteiger partial charge in [-0.2, -0.15) is 0 Å². The predicted octanol–water partition coefficient (Wildman–Crippen LogP) is 1.25. The van der Waals surface area contributed by atoms with Crippen LogP contribution in [-0.2, 0) is 9.53 Å². The maximum Gasteiger partial charge on any atom is 0.412 e. The molecule has 0 unspecified atom stereocenters. The van der Waals surface area contributed by atoms with Crippen molar-refractivity contribution in [1.82, 2.24) is 5.32 Å². The average Bonchev–Trinajstić information content (AvgIpc) is 2.34. The Labute approximate surface area is 122 Å². The van der Waals surface area contributed by atoms with Gasteiger partial charge in [0.2, 0.25) is 5.91 Å². The highest BCUT2D eigenvalue weighted by Crippen LogP contribution is 2.12. The molecule has 1 rings (SSSR count). The Kier molecular flexibility index (Phi) is 5.29. The number of nitrogens with one attached hydrogen (secondary N) is 2. The first-order chi connectivity index (χ1) is 9.67. The zero-order chi connectivity index (χ0) is 16.0. The summed E-state index contributed by atoms with van der Waals surface area (Å²) >= 11 is 0. The fourth-order valence-corrected chi connectivity index (χ4v) is 1.40. The van der Waals surface area contributed by atoms with Crippen LogP contribution in [-0.4, -0.2) is 30.1 Å². The Hall–Kier alpha value is -2.57. The van der Waals surface area contributed by atoms with E-state index < -0.39 is 23.5 Å². The summed E-state index contributed by atoms with van der Waals surface area (Å²) in [5, 5.41) is 4.91. The summed E-state index contributed by atoms with van der Waals surface area (Å²) in [6.45, 7) is 5.06. The molecule has 0 aromatic heterocycles. The number of anilines is 1. The molecule has 0 heterocycles. The molecule has 0 atom stereocenters. The summed E-state index contributed by atoms with van der Waals surface area (Å²) in [4.78, 5) is 33.8. The molecule has 7 heteroatoms. The maximum absolute atomic E-state index is 11.6. The monoisotopic (exact) mass is 293 g/mol. The predicted molar refractivity (Wildman–Crippen MR) is 77.8 cm³/mol. The van der Waals surface area contributed by atoms with Crippen molar-refractivity contribution in [3.8, 4) is 0 Å². The van der Waals surface area contributed by atoms with E-state index in [2.05, 4.69) is 10.6 Å². The first kappa shape index (κ1) is 16.5. The molecule has 21 heavy (non-hydrogen) atoms. The van der Waals surface area contributed by atoms with Crippen LogP contribution in [0, 0.1) is 0 Å². The summed E-state index contributed by atoms with van der Waals surface area (Å²) in [5.41, 5.74) is 5.20. The molecule has 1 aromatic carbocycles. The van der Waals surface area contributed by atoms with Gasteiger partial charge in [0.1, 0.15) is 5.60 Å². The van der Waals surface area contributed by atoms with Gasteiger partial charge in [0.25, 0.3) is 5.91 Å². The second-order valence-electron chi connectivity index (χ2n) is 5.35. The van der Waals surface area contributed by atoms with E-state index in [1.165, 1.54) is 12.1 Å². The molecule has 7 nitrogen and oxygen atoms in total. The van der Waals surface area contributed by atoms with Crippen molar-refractivity contribution in [2.75, 3.05) is 11.9 Å². The highest BCUT2D eigenvalue weighted by molar-refractivity contribution is 5.97. The van der Waals surface area contributed by atoms with Crippen LogP contribution in [0.1, 0.15) is 31.1 Å². The van der Waals surface area contributed by atoms with Crippen molar-refractivity contribution in [3.05, 3.63) is 29.8 Å². The van der Waals surface area contributed by atoms with E-state index >= 15 is 0 Å². The minimum Gasteiger partial charge on any atom is -0.444 e. The maximum atomic E-state index is 11.6. The Bertz CT molecular complexity index is 532. The Balaban J connectivity index is 2.60. The van der Waals surface area contributed by atoms with Crippen molar-refractivity contribution >= 4 is 23.6 Å². The first-order valence-electron chi connectivity index (χ1n) is 6.34. The minimum absolute atomic E-state index is 0.225. The average molecular weight is 293 g/mol. The second-order valence-corrected chi connectivity index (χ2v) is 5.35. The quantitative estimate of drug-likeness (QED) is 0.775. The molecule has 0 bridgehead atoms. The molecule has 0 saturated carbocycles. The number of carbonyl (C=O) groups is 3. The molecular weight excluding hydrogens is 274 g/mol. The van der Waals surface area contributed by atoms with Gasteiger partial charge in [-0.05, 0) is 45.0 Å². The third kappa shape index (κ3) is 6.42. The lowest BCUT2D eigenvalue weighted by Gasteiger charge is -2.19. The number of rotatable bonds is 4. The lowest BCUT2D eigenvalue weighted by atomic mass is 10.2. The van der Waals surface area contributed by atoms with Crippen LogP contribution < -0.4 is 16.4 Å². The summed E-state index contributed by atoms with van der Waals surface area (Å²) in [5.74, 6) is -1.04. The van der Waals surface area contributed by atoms with Crippen LogP contribution in [0.2, 0.25) is 0 Å². The molecule has 0 saturated heterocycles. The van der Waals surface area contributed by atoms with Crippen LogP contribution in [0.3, 0.4) is 0 Å². The highest BCUT2D eigenvalue weighted by Gasteiger charge is 2.16. The minimum atomic E-state index is -0.619.